The molecule has 4 aromatic rings. The van der Waals surface area contributed by atoms with E-state index in [4.69, 9.17) is 9.72 Å². The topological polar surface area (TPSA) is 68.3 Å². The molecule has 0 aliphatic rings. The van der Waals surface area contributed by atoms with Crippen LogP contribution in [0, 0.1) is 0 Å². The van der Waals surface area contributed by atoms with E-state index in [1.807, 2.05) is 54.6 Å². The van der Waals surface area contributed by atoms with Gasteiger partial charge in [0.25, 0.3) is 5.91 Å². The van der Waals surface area contributed by atoms with Crippen LogP contribution < -0.4 is 10.1 Å². The van der Waals surface area contributed by atoms with Crippen LogP contribution in [0.5, 0.6) is 5.75 Å². The molecule has 3 aromatic carbocycles. The Bertz CT molecular complexity index is 1200. The molecule has 0 saturated carbocycles. The molecule has 0 bridgehead atoms. The van der Waals surface area contributed by atoms with Crippen LogP contribution in [0.25, 0.3) is 21.8 Å². The number of nitrogens with one attached hydrogen (secondary N) is 1. The summed E-state index contributed by atoms with van der Waals surface area (Å²) >= 11 is 1.60. The van der Waals surface area contributed by atoms with Crippen LogP contribution in [0.1, 0.15) is 22.8 Å². The highest BCUT2D eigenvalue weighted by Crippen LogP contribution is 2.29. The predicted octanol–water partition coefficient (Wildman–Crippen LogP) is 5.33. The van der Waals surface area contributed by atoms with Crippen molar-refractivity contribution in [3.8, 4) is 27.6 Å². The first kappa shape index (κ1) is 20.5. The highest BCUT2D eigenvalue weighted by Gasteiger charge is 2.09. The third kappa shape index (κ3) is 5.24. The van der Waals surface area contributed by atoms with Crippen molar-refractivity contribution in [3.05, 3.63) is 95.4 Å². The van der Waals surface area contributed by atoms with Gasteiger partial charge in [-0.05, 0) is 35.9 Å². The number of thiazole rings is 1. The zero-order chi connectivity index (χ0) is 21.6. The van der Waals surface area contributed by atoms with E-state index >= 15 is 0 Å². The summed E-state index contributed by atoms with van der Waals surface area (Å²) in [5.74, 6) is -0.177. The molecular formula is C25H20N2O3S. The molecule has 0 aliphatic carbocycles. The highest BCUT2D eigenvalue weighted by molar-refractivity contribution is 7.13. The molecule has 1 aromatic heterocycles. The van der Waals surface area contributed by atoms with Crippen LogP contribution in [0.2, 0.25) is 0 Å². The molecule has 5 nitrogen and oxygen atoms in total. The monoisotopic (exact) mass is 428 g/mol. The molecule has 1 amide bonds. The van der Waals surface area contributed by atoms with Gasteiger partial charge in [-0.3, -0.25) is 9.59 Å². The van der Waals surface area contributed by atoms with Crippen molar-refractivity contribution in [2.45, 2.75) is 13.5 Å². The summed E-state index contributed by atoms with van der Waals surface area (Å²) in [6.07, 6.45) is 0. The van der Waals surface area contributed by atoms with E-state index in [1.54, 1.807) is 35.6 Å². The lowest BCUT2D eigenvalue weighted by Crippen LogP contribution is -2.22. The lowest BCUT2D eigenvalue weighted by atomic mass is 10.1. The number of carbonyl (C=O) groups excluding carboxylic acids is 2. The summed E-state index contributed by atoms with van der Waals surface area (Å²) in [4.78, 5) is 28.2. The maximum atomic E-state index is 12.4. The second kappa shape index (κ2) is 9.36. The average Bonchev–Trinajstić information content (AvgIpc) is 3.29. The van der Waals surface area contributed by atoms with Crippen molar-refractivity contribution >= 4 is 23.2 Å². The van der Waals surface area contributed by atoms with Gasteiger partial charge in [0.05, 0.1) is 5.69 Å². The van der Waals surface area contributed by atoms with E-state index in [0.29, 0.717) is 17.9 Å². The number of benzene rings is 3. The number of hydrogen-bond donors (Lipinski definition) is 1. The molecule has 0 spiro atoms. The Morgan fingerprint density at radius 3 is 2.42 bits per heavy atom. The number of carbonyl (C=O) groups is 2. The van der Waals surface area contributed by atoms with E-state index in [2.05, 4.69) is 10.7 Å². The molecule has 0 radical (unpaired) electrons. The molecule has 154 valence electrons. The van der Waals surface area contributed by atoms with Gasteiger partial charge in [0, 0.05) is 35.5 Å². The summed E-state index contributed by atoms with van der Waals surface area (Å²) in [6.45, 7) is 1.73. The maximum absolute atomic E-state index is 12.4. The SMILES string of the molecule is CC(=O)Oc1ccc(C(=O)NCc2cccc(-c3nc(-c4ccccc4)cs3)c2)cc1. The number of aromatic nitrogens is 1. The van der Waals surface area contributed by atoms with Gasteiger partial charge in [-0.15, -0.1) is 11.3 Å². The van der Waals surface area contributed by atoms with Crippen molar-refractivity contribution < 1.29 is 14.3 Å². The fraction of sp³-hybridized carbons (Fsp3) is 0.0800. The summed E-state index contributed by atoms with van der Waals surface area (Å²) in [7, 11) is 0. The Morgan fingerprint density at radius 2 is 1.68 bits per heavy atom. The van der Waals surface area contributed by atoms with Gasteiger partial charge in [-0.1, -0.05) is 48.5 Å². The molecule has 1 N–H and O–H groups in total. The molecule has 4 rings (SSSR count). The molecule has 31 heavy (non-hydrogen) atoms. The molecule has 0 saturated heterocycles. The number of nitrogens with zero attached hydrogens (tertiary/aromatic N) is 1. The Balaban J connectivity index is 1.41. The third-order valence-corrected chi connectivity index (χ3v) is 5.47. The lowest BCUT2D eigenvalue weighted by Gasteiger charge is -2.07. The summed E-state index contributed by atoms with van der Waals surface area (Å²) in [5.41, 5.74) is 4.55. The van der Waals surface area contributed by atoms with Crippen LogP contribution >= 0.6 is 11.3 Å². The van der Waals surface area contributed by atoms with E-state index in [0.717, 1.165) is 27.4 Å². The second-order valence-electron chi connectivity index (χ2n) is 6.91. The van der Waals surface area contributed by atoms with E-state index in [9.17, 15) is 9.59 Å². The zero-order valence-corrected chi connectivity index (χ0v) is 17.7. The minimum atomic E-state index is -0.395. The first-order valence-corrected chi connectivity index (χ1v) is 10.6. The average molecular weight is 429 g/mol. The molecule has 0 aliphatic heterocycles. The standard InChI is InChI=1S/C25H20N2O3S/c1-17(28)30-22-12-10-20(11-13-22)24(29)26-15-18-6-5-9-21(14-18)25-27-23(16-31-25)19-7-3-2-4-8-19/h2-14,16H,15H2,1H3,(H,26,29). The Labute approximate surface area is 184 Å². The van der Waals surface area contributed by atoms with E-state index < -0.39 is 5.97 Å². The van der Waals surface area contributed by atoms with Crippen LogP contribution in [-0.2, 0) is 11.3 Å². The first-order valence-electron chi connectivity index (χ1n) is 9.75. The molecule has 1 heterocycles. The van der Waals surface area contributed by atoms with Crippen molar-refractivity contribution in [2.75, 3.05) is 0 Å². The van der Waals surface area contributed by atoms with Crippen LogP contribution in [0.4, 0.5) is 0 Å². The second-order valence-corrected chi connectivity index (χ2v) is 7.76. The minimum Gasteiger partial charge on any atom is -0.427 e. The Morgan fingerprint density at radius 1 is 0.935 bits per heavy atom. The highest BCUT2D eigenvalue weighted by atomic mass is 32.1. The number of esters is 1. The maximum Gasteiger partial charge on any atom is 0.308 e. The van der Waals surface area contributed by atoms with Crippen molar-refractivity contribution in [2.24, 2.45) is 0 Å². The number of ether oxygens (including phenoxy) is 1. The Hall–Kier alpha value is -3.77. The smallest absolute Gasteiger partial charge is 0.308 e. The van der Waals surface area contributed by atoms with E-state index in [-0.39, 0.29) is 5.91 Å². The molecule has 6 heteroatoms. The summed E-state index contributed by atoms with van der Waals surface area (Å²) in [6, 6.07) is 24.5. The fourth-order valence-electron chi connectivity index (χ4n) is 3.09. The van der Waals surface area contributed by atoms with Crippen LogP contribution in [-0.4, -0.2) is 16.9 Å². The van der Waals surface area contributed by atoms with Gasteiger partial charge in [0.15, 0.2) is 0 Å². The zero-order valence-electron chi connectivity index (χ0n) is 16.9. The van der Waals surface area contributed by atoms with Crippen LogP contribution in [0.15, 0.2) is 84.2 Å². The van der Waals surface area contributed by atoms with Gasteiger partial charge in [0.1, 0.15) is 10.8 Å². The third-order valence-electron chi connectivity index (χ3n) is 4.58. The predicted molar refractivity (Wildman–Crippen MR) is 122 cm³/mol. The Kier molecular flexibility index (Phi) is 6.19. The fourth-order valence-corrected chi connectivity index (χ4v) is 3.91. The van der Waals surface area contributed by atoms with Gasteiger partial charge >= 0.3 is 5.97 Å². The summed E-state index contributed by atoms with van der Waals surface area (Å²) < 4.78 is 4.99. The van der Waals surface area contributed by atoms with Gasteiger partial charge in [-0.25, -0.2) is 4.98 Å². The molecule has 0 atom stereocenters. The first-order chi connectivity index (χ1) is 15.1. The largest absolute Gasteiger partial charge is 0.427 e. The lowest BCUT2D eigenvalue weighted by molar-refractivity contribution is -0.131. The van der Waals surface area contributed by atoms with Crippen LogP contribution in [0.3, 0.4) is 0 Å². The normalized spacial score (nSPS) is 10.5. The van der Waals surface area contributed by atoms with Crippen molar-refractivity contribution in [3.63, 3.8) is 0 Å². The summed E-state index contributed by atoms with van der Waals surface area (Å²) in [5, 5.41) is 5.91. The van der Waals surface area contributed by atoms with E-state index in [1.165, 1.54) is 6.92 Å². The van der Waals surface area contributed by atoms with Crippen molar-refractivity contribution in [1.29, 1.82) is 0 Å². The quantitative estimate of drug-likeness (QED) is 0.333. The van der Waals surface area contributed by atoms with Gasteiger partial charge in [0.2, 0.25) is 0 Å². The van der Waals surface area contributed by atoms with Gasteiger partial charge in [-0.2, -0.15) is 0 Å². The minimum absolute atomic E-state index is 0.194. The number of rotatable bonds is 6. The molecular weight excluding hydrogens is 408 g/mol. The molecule has 0 unspecified atom stereocenters. The molecule has 0 fully saturated rings. The number of amides is 1. The van der Waals surface area contributed by atoms with Gasteiger partial charge < -0.3 is 10.1 Å². The number of hydrogen-bond acceptors (Lipinski definition) is 5. The van der Waals surface area contributed by atoms with Crippen molar-refractivity contribution in [1.82, 2.24) is 10.3 Å².